The minimum absolute atomic E-state index is 0.231. The van der Waals surface area contributed by atoms with Crippen LogP contribution in [0.15, 0.2) is 78.9 Å². The molecule has 1 heterocycles. The molecule has 4 heteroatoms. The van der Waals surface area contributed by atoms with Crippen LogP contribution in [0.4, 0.5) is 5.82 Å². The number of nitriles is 1. The Morgan fingerprint density at radius 3 is 2.20 bits per heavy atom. The molecule has 0 atom stereocenters. The molecule has 0 radical (unpaired) electrons. The van der Waals surface area contributed by atoms with Gasteiger partial charge in [-0.3, -0.25) is 0 Å². The van der Waals surface area contributed by atoms with E-state index < -0.39 is 0 Å². The summed E-state index contributed by atoms with van der Waals surface area (Å²) in [5, 5.41) is 9.66. The number of aromatic nitrogens is 1. The third-order valence-corrected chi connectivity index (χ3v) is 4.96. The van der Waals surface area contributed by atoms with Crippen molar-refractivity contribution in [2.45, 2.75) is 13.8 Å². The van der Waals surface area contributed by atoms with Gasteiger partial charge < -0.3 is 10.5 Å². The maximum Gasteiger partial charge on any atom is 0.142 e. The Labute approximate surface area is 176 Å². The molecule has 0 spiro atoms. The summed E-state index contributed by atoms with van der Waals surface area (Å²) in [6.45, 7) is 4.09. The highest BCUT2D eigenvalue weighted by Gasteiger charge is 2.15. The van der Waals surface area contributed by atoms with Crippen LogP contribution < -0.4 is 10.5 Å². The van der Waals surface area contributed by atoms with Gasteiger partial charge in [-0.15, -0.1) is 0 Å². The van der Waals surface area contributed by atoms with Gasteiger partial charge in [0.1, 0.15) is 28.9 Å². The van der Waals surface area contributed by atoms with Gasteiger partial charge >= 0.3 is 0 Å². The molecule has 4 rings (SSSR count). The van der Waals surface area contributed by atoms with Crippen molar-refractivity contribution in [3.05, 3.63) is 95.6 Å². The third kappa shape index (κ3) is 3.87. The van der Waals surface area contributed by atoms with Gasteiger partial charge in [0.15, 0.2) is 0 Å². The summed E-state index contributed by atoms with van der Waals surface area (Å²) in [4.78, 5) is 4.48. The Balaban J connectivity index is 1.73. The van der Waals surface area contributed by atoms with Crippen molar-refractivity contribution in [3.63, 3.8) is 0 Å². The first-order chi connectivity index (χ1) is 14.5. The smallest absolute Gasteiger partial charge is 0.142 e. The van der Waals surface area contributed by atoms with E-state index in [2.05, 4.69) is 17.1 Å². The zero-order chi connectivity index (χ0) is 21.1. The number of nitrogens with two attached hydrogens (primary N) is 1. The molecule has 4 aromatic rings. The predicted octanol–water partition coefficient (Wildman–Crippen LogP) is 6.28. The lowest BCUT2D eigenvalue weighted by Crippen LogP contribution is -2.00. The Hall–Kier alpha value is -4.10. The van der Waals surface area contributed by atoms with Crippen LogP contribution in [0.25, 0.3) is 22.4 Å². The topological polar surface area (TPSA) is 71.9 Å². The fourth-order valence-corrected chi connectivity index (χ4v) is 3.48. The summed E-state index contributed by atoms with van der Waals surface area (Å²) in [7, 11) is 0. The average Bonchev–Trinajstić information content (AvgIpc) is 2.74. The largest absolute Gasteiger partial charge is 0.457 e. The van der Waals surface area contributed by atoms with Crippen LogP contribution in [0.1, 0.15) is 16.7 Å². The van der Waals surface area contributed by atoms with Crippen LogP contribution in [0.5, 0.6) is 11.5 Å². The zero-order valence-corrected chi connectivity index (χ0v) is 16.9. The molecule has 30 heavy (non-hydrogen) atoms. The quantitative estimate of drug-likeness (QED) is 0.444. The highest BCUT2D eigenvalue weighted by atomic mass is 16.5. The van der Waals surface area contributed by atoms with Gasteiger partial charge in [0, 0.05) is 11.1 Å². The number of nitrogen functional groups attached to an aromatic ring is 1. The number of hydrogen-bond acceptors (Lipinski definition) is 4. The highest BCUT2D eigenvalue weighted by Crippen LogP contribution is 2.34. The number of ether oxygens (including phenoxy) is 1. The monoisotopic (exact) mass is 391 g/mol. The van der Waals surface area contributed by atoms with E-state index in [1.54, 1.807) is 0 Å². The molecule has 3 aromatic carbocycles. The first-order valence-corrected chi connectivity index (χ1v) is 9.67. The van der Waals surface area contributed by atoms with Crippen molar-refractivity contribution in [1.29, 1.82) is 5.26 Å². The van der Waals surface area contributed by atoms with Crippen molar-refractivity contribution in [2.75, 3.05) is 5.73 Å². The second kappa shape index (κ2) is 8.10. The van der Waals surface area contributed by atoms with Crippen LogP contribution in [0.3, 0.4) is 0 Å². The van der Waals surface area contributed by atoms with Gasteiger partial charge in [-0.25, -0.2) is 4.98 Å². The molecule has 0 saturated carbocycles. The van der Waals surface area contributed by atoms with Crippen molar-refractivity contribution in [2.24, 2.45) is 0 Å². The minimum Gasteiger partial charge on any atom is -0.457 e. The van der Waals surface area contributed by atoms with Gasteiger partial charge in [0.05, 0.1) is 5.69 Å². The minimum atomic E-state index is 0.231. The lowest BCUT2D eigenvalue weighted by atomic mass is 9.94. The van der Waals surface area contributed by atoms with Crippen LogP contribution in [0, 0.1) is 25.2 Å². The zero-order valence-electron chi connectivity index (χ0n) is 16.9. The van der Waals surface area contributed by atoms with Gasteiger partial charge in [-0.1, -0.05) is 42.0 Å². The molecule has 2 N–H and O–H groups in total. The number of anilines is 1. The third-order valence-electron chi connectivity index (χ3n) is 4.96. The van der Waals surface area contributed by atoms with Crippen molar-refractivity contribution >= 4 is 5.82 Å². The number of rotatable bonds is 4. The van der Waals surface area contributed by atoms with Gasteiger partial charge in [0.25, 0.3) is 0 Å². The van der Waals surface area contributed by atoms with Crippen LogP contribution in [-0.4, -0.2) is 4.98 Å². The van der Waals surface area contributed by atoms with Crippen molar-refractivity contribution in [3.8, 4) is 40.0 Å². The van der Waals surface area contributed by atoms with E-state index in [4.69, 9.17) is 10.5 Å². The first-order valence-electron chi connectivity index (χ1n) is 9.67. The summed E-state index contributed by atoms with van der Waals surface area (Å²) in [6.07, 6.45) is 0. The summed E-state index contributed by atoms with van der Waals surface area (Å²) in [5.74, 6) is 1.75. The second-order valence-corrected chi connectivity index (χ2v) is 7.18. The maximum atomic E-state index is 9.66. The molecule has 0 aliphatic heterocycles. The fraction of sp³-hybridized carbons (Fsp3) is 0.0769. The van der Waals surface area contributed by atoms with Gasteiger partial charge in [0.2, 0.25) is 0 Å². The molecule has 0 bridgehead atoms. The highest BCUT2D eigenvalue weighted by molar-refractivity contribution is 5.81. The second-order valence-electron chi connectivity index (χ2n) is 7.18. The molecule has 0 aliphatic rings. The molecule has 0 fully saturated rings. The molecular weight excluding hydrogens is 370 g/mol. The first kappa shape index (κ1) is 19.2. The normalized spacial score (nSPS) is 10.4. The Morgan fingerprint density at radius 2 is 1.53 bits per heavy atom. The fourth-order valence-electron chi connectivity index (χ4n) is 3.48. The number of para-hydroxylation sites is 1. The average molecular weight is 391 g/mol. The van der Waals surface area contributed by atoms with E-state index in [0.29, 0.717) is 11.3 Å². The number of hydrogen-bond donors (Lipinski definition) is 1. The lowest BCUT2D eigenvalue weighted by molar-refractivity contribution is 0.483. The van der Waals surface area contributed by atoms with E-state index in [-0.39, 0.29) is 5.82 Å². The summed E-state index contributed by atoms with van der Waals surface area (Å²) in [6, 6.07) is 27.6. The molecule has 0 saturated heterocycles. The maximum absolute atomic E-state index is 9.66. The number of benzene rings is 3. The molecular formula is C26H21N3O. The summed E-state index contributed by atoms with van der Waals surface area (Å²) < 4.78 is 5.86. The van der Waals surface area contributed by atoms with E-state index in [1.165, 1.54) is 5.56 Å². The van der Waals surface area contributed by atoms with Crippen molar-refractivity contribution < 1.29 is 4.74 Å². The van der Waals surface area contributed by atoms with E-state index >= 15 is 0 Å². The molecule has 0 aliphatic carbocycles. The van der Waals surface area contributed by atoms with Crippen LogP contribution >= 0.6 is 0 Å². The van der Waals surface area contributed by atoms with Crippen LogP contribution in [0.2, 0.25) is 0 Å². The van der Waals surface area contributed by atoms with Gasteiger partial charge in [-0.2, -0.15) is 5.26 Å². The van der Waals surface area contributed by atoms with Crippen molar-refractivity contribution in [1.82, 2.24) is 4.98 Å². The number of aryl methyl sites for hydroxylation is 2. The van der Waals surface area contributed by atoms with E-state index in [0.717, 1.165) is 33.8 Å². The molecule has 1 aromatic heterocycles. The molecule has 146 valence electrons. The Bertz CT molecular complexity index is 1240. The molecule has 4 nitrogen and oxygen atoms in total. The SMILES string of the molecule is Cc1ccc(-c2cc(-c3ccc(Oc4ccccc4)cc3)nc(N)c2C#N)c(C)c1. The Morgan fingerprint density at radius 1 is 0.833 bits per heavy atom. The number of nitrogens with zero attached hydrogens (tertiary/aromatic N) is 2. The molecule has 0 amide bonds. The lowest BCUT2D eigenvalue weighted by Gasteiger charge is -2.13. The Kier molecular flexibility index (Phi) is 5.19. The van der Waals surface area contributed by atoms with Crippen LogP contribution in [-0.2, 0) is 0 Å². The molecule has 0 unspecified atom stereocenters. The standard InChI is InChI=1S/C26H21N3O/c1-17-8-13-22(18(2)14-17)23-15-25(29-26(28)24(23)16-27)19-9-11-21(12-10-19)30-20-6-4-3-5-7-20/h3-15H,1-2H3,(H2,28,29). The summed E-state index contributed by atoms with van der Waals surface area (Å²) >= 11 is 0. The number of pyridine rings is 1. The van der Waals surface area contributed by atoms with E-state index in [1.807, 2.05) is 86.6 Å². The van der Waals surface area contributed by atoms with Gasteiger partial charge in [-0.05, 0) is 67.4 Å². The predicted molar refractivity (Wildman–Crippen MR) is 120 cm³/mol. The summed E-state index contributed by atoms with van der Waals surface area (Å²) in [5.41, 5.74) is 12.2. The van der Waals surface area contributed by atoms with E-state index in [9.17, 15) is 5.26 Å².